The molecule has 1 saturated heterocycles. The largest absolute Gasteiger partial charge is 0.465 e. The number of anilines is 1. The summed E-state index contributed by atoms with van der Waals surface area (Å²) >= 11 is 2.23. The SMILES string of the molecule is CCOC(=O)Cn1c2c(sc1=O)C(C)(C)C1C(=O)N(c3ccccc3)C(=O)C1S2. The Morgan fingerprint density at radius 3 is 2.48 bits per heavy atom. The van der Waals surface area contributed by atoms with Crippen LogP contribution in [0.4, 0.5) is 5.69 Å². The third-order valence-corrected chi connectivity index (χ3v) is 8.13. The smallest absolute Gasteiger partial charge is 0.326 e. The first kappa shape index (κ1) is 19.9. The van der Waals surface area contributed by atoms with Crippen LogP contribution in [0.1, 0.15) is 25.6 Å². The molecule has 0 saturated carbocycles. The summed E-state index contributed by atoms with van der Waals surface area (Å²) < 4.78 is 6.34. The van der Waals surface area contributed by atoms with E-state index in [4.69, 9.17) is 4.74 Å². The minimum absolute atomic E-state index is 0.205. The van der Waals surface area contributed by atoms with Crippen molar-refractivity contribution in [3.8, 4) is 0 Å². The van der Waals surface area contributed by atoms with E-state index in [0.29, 0.717) is 10.7 Å². The van der Waals surface area contributed by atoms with Crippen LogP contribution in [-0.2, 0) is 31.1 Å². The molecule has 0 aliphatic carbocycles. The van der Waals surface area contributed by atoms with Crippen molar-refractivity contribution in [2.45, 2.75) is 43.0 Å². The topological polar surface area (TPSA) is 85.7 Å². The van der Waals surface area contributed by atoms with Crippen LogP contribution in [-0.4, -0.2) is 34.2 Å². The monoisotopic (exact) mass is 432 g/mol. The van der Waals surface area contributed by atoms with Gasteiger partial charge in [-0.05, 0) is 19.1 Å². The second-order valence-electron chi connectivity index (χ2n) is 7.48. The minimum atomic E-state index is -0.717. The Morgan fingerprint density at radius 2 is 1.83 bits per heavy atom. The molecule has 152 valence electrons. The van der Waals surface area contributed by atoms with Gasteiger partial charge < -0.3 is 4.74 Å². The Hall–Kier alpha value is -2.39. The summed E-state index contributed by atoms with van der Waals surface area (Å²) in [6.07, 6.45) is 0. The van der Waals surface area contributed by atoms with Gasteiger partial charge in [0.1, 0.15) is 11.8 Å². The molecule has 1 aromatic carbocycles. The van der Waals surface area contributed by atoms with Gasteiger partial charge in [-0.3, -0.25) is 23.7 Å². The number of hydrogen-bond acceptors (Lipinski definition) is 7. The van der Waals surface area contributed by atoms with Crippen LogP contribution >= 0.6 is 23.1 Å². The van der Waals surface area contributed by atoms with Crippen molar-refractivity contribution in [2.24, 2.45) is 5.92 Å². The van der Waals surface area contributed by atoms with E-state index in [-0.39, 0.29) is 29.8 Å². The van der Waals surface area contributed by atoms with Gasteiger partial charge in [-0.1, -0.05) is 55.1 Å². The van der Waals surface area contributed by atoms with Gasteiger partial charge in [-0.2, -0.15) is 0 Å². The number of para-hydroxylation sites is 1. The Balaban J connectivity index is 1.77. The third-order valence-electron chi connectivity index (χ3n) is 5.31. The van der Waals surface area contributed by atoms with Gasteiger partial charge in [0.25, 0.3) is 0 Å². The Morgan fingerprint density at radius 1 is 1.14 bits per heavy atom. The van der Waals surface area contributed by atoms with Crippen molar-refractivity contribution in [1.29, 1.82) is 0 Å². The third kappa shape index (κ3) is 3.03. The fraction of sp³-hybridized carbons (Fsp3) is 0.400. The number of nitrogens with zero attached hydrogens (tertiary/aromatic N) is 2. The molecule has 4 rings (SSSR count). The second kappa shape index (κ2) is 7.14. The maximum Gasteiger partial charge on any atom is 0.326 e. The number of thioether (sulfide) groups is 1. The molecule has 2 atom stereocenters. The van der Waals surface area contributed by atoms with Crippen LogP contribution in [0.5, 0.6) is 0 Å². The average molecular weight is 433 g/mol. The van der Waals surface area contributed by atoms with Gasteiger partial charge in [0.15, 0.2) is 0 Å². The number of carbonyl (C=O) groups is 3. The molecule has 2 aromatic rings. The van der Waals surface area contributed by atoms with Gasteiger partial charge in [-0.15, -0.1) is 0 Å². The number of fused-ring (bicyclic) bond motifs is 2. The van der Waals surface area contributed by atoms with E-state index in [2.05, 4.69) is 0 Å². The molecular formula is C20H20N2O5S2. The molecule has 1 aromatic heterocycles. The van der Waals surface area contributed by atoms with Crippen LogP contribution in [0.3, 0.4) is 0 Å². The maximum absolute atomic E-state index is 13.3. The standard InChI is InChI=1S/C20H20N2O5S2/c1-4-27-12(23)10-21-18-15(29-19(21)26)20(2,3)13-14(28-18)17(25)22(16(13)24)11-8-6-5-7-9-11/h5-9,13-14H,4,10H2,1-3H3. The fourth-order valence-corrected chi connectivity index (χ4v) is 6.97. The van der Waals surface area contributed by atoms with E-state index in [1.54, 1.807) is 31.2 Å². The van der Waals surface area contributed by atoms with E-state index in [0.717, 1.165) is 16.2 Å². The van der Waals surface area contributed by atoms with Crippen molar-refractivity contribution >= 4 is 46.6 Å². The number of thiazole rings is 1. The number of imide groups is 1. The van der Waals surface area contributed by atoms with E-state index in [1.165, 1.54) is 21.2 Å². The quantitative estimate of drug-likeness (QED) is 0.545. The summed E-state index contributed by atoms with van der Waals surface area (Å²) in [7, 11) is 0. The normalized spacial score (nSPS) is 22.4. The molecule has 1 fully saturated rings. The van der Waals surface area contributed by atoms with E-state index in [1.807, 2.05) is 19.9 Å². The van der Waals surface area contributed by atoms with Crippen LogP contribution < -0.4 is 9.77 Å². The van der Waals surface area contributed by atoms with Gasteiger partial charge in [-0.25, -0.2) is 4.90 Å². The molecule has 0 N–H and O–H groups in total. The lowest BCUT2D eigenvalue weighted by atomic mass is 9.76. The first-order chi connectivity index (χ1) is 13.8. The van der Waals surface area contributed by atoms with E-state index < -0.39 is 22.6 Å². The molecule has 29 heavy (non-hydrogen) atoms. The molecule has 0 bridgehead atoms. The predicted molar refractivity (Wildman–Crippen MR) is 110 cm³/mol. The number of ether oxygens (including phenoxy) is 1. The summed E-state index contributed by atoms with van der Waals surface area (Å²) in [6, 6.07) is 8.86. The van der Waals surface area contributed by atoms with Gasteiger partial charge in [0.2, 0.25) is 11.8 Å². The average Bonchev–Trinajstić information content (AvgIpc) is 3.12. The van der Waals surface area contributed by atoms with Crippen molar-refractivity contribution in [3.05, 3.63) is 44.9 Å². The van der Waals surface area contributed by atoms with Gasteiger partial charge >= 0.3 is 10.8 Å². The molecule has 3 heterocycles. The zero-order chi connectivity index (χ0) is 20.9. The Bertz CT molecular complexity index is 1060. The number of esters is 1. The molecule has 2 aliphatic rings. The number of rotatable bonds is 4. The predicted octanol–water partition coefficient (Wildman–Crippen LogP) is 2.41. The lowest BCUT2D eigenvalue weighted by Gasteiger charge is -2.36. The highest BCUT2D eigenvalue weighted by Crippen LogP contribution is 2.54. The zero-order valence-electron chi connectivity index (χ0n) is 16.2. The molecule has 2 aliphatic heterocycles. The number of hydrogen-bond donors (Lipinski definition) is 0. The molecular weight excluding hydrogens is 412 g/mol. The van der Waals surface area contributed by atoms with Crippen molar-refractivity contribution < 1.29 is 19.1 Å². The summed E-state index contributed by atoms with van der Waals surface area (Å²) in [4.78, 5) is 52.7. The van der Waals surface area contributed by atoms with Crippen LogP contribution in [0.2, 0.25) is 0 Å². The van der Waals surface area contributed by atoms with Gasteiger partial charge in [0.05, 0.1) is 23.2 Å². The lowest BCUT2D eigenvalue weighted by Crippen LogP contribution is -2.41. The minimum Gasteiger partial charge on any atom is -0.465 e. The zero-order valence-corrected chi connectivity index (χ0v) is 17.8. The first-order valence-corrected chi connectivity index (χ1v) is 11.0. The van der Waals surface area contributed by atoms with Crippen LogP contribution in [0.25, 0.3) is 0 Å². The second-order valence-corrected chi connectivity index (χ2v) is 9.57. The Labute approximate surface area is 175 Å². The molecule has 7 nitrogen and oxygen atoms in total. The molecule has 2 unspecified atom stereocenters. The van der Waals surface area contributed by atoms with E-state index in [9.17, 15) is 19.2 Å². The summed E-state index contributed by atoms with van der Waals surface area (Å²) in [6.45, 7) is 5.49. The Kier molecular flexibility index (Phi) is 4.90. The highest BCUT2D eigenvalue weighted by atomic mass is 32.2. The first-order valence-electron chi connectivity index (χ1n) is 9.26. The maximum atomic E-state index is 13.3. The molecule has 0 radical (unpaired) electrons. The molecule has 9 heteroatoms. The number of amides is 2. The summed E-state index contributed by atoms with van der Waals surface area (Å²) in [5.41, 5.74) is -0.175. The highest BCUT2D eigenvalue weighted by molar-refractivity contribution is 8.00. The number of aromatic nitrogens is 1. The van der Waals surface area contributed by atoms with Gasteiger partial charge in [0, 0.05) is 10.3 Å². The van der Waals surface area contributed by atoms with Crippen molar-refractivity contribution in [2.75, 3.05) is 11.5 Å². The van der Waals surface area contributed by atoms with Crippen molar-refractivity contribution in [1.82, 2.24) is 4.57 Å². The lowest BCUT2D eigenvalue weighted by molar-refractivity contribution is -0.144. The fourth-order valence-electron chi connectivity index (χ4n) is 3.93. The number of carbonyl (C=O) groups excluding carboxylic acids is 3. The summed E-state index contributed by atoms with van der Waals surface area (Å²) in [5, 5.41) is -0.0667. The van der Waals surface area contributed by atoms with Crippen LogP contribution in [0.15, 0.2) is 40.2 Å². The van der Waals surface area contributed by atoms with Crippen LogP contribution in [0, 0.1) is 5.92 Å². The summed E-state index contributed by atoms with van der Waals surface area (Å²) in [5.74, 6) is -1.64. The van der Waals surface area contributed by atoms with E-state index >= 15 is 0 Å². The molecule has 0 spiro atoms. The molecule has 2 amide bonds. The van der Waals surface area contributed by atoms with Crippen molar-refractivity contribution in [3.63, 3.8) is 0 Å². The highest BCUT2D eigenvalue weighted by Gasteiger charge is 2.59. The number of benzene rings is 1.